The van der Waals surface area contributed by atoms with Crippen LogP contribution in [-0.2, 0) is 9.53 Å². The van der Waals surface area contributed by atoms with E-state index in [1.54, 1.807) is 49.6 Å². The van der Waals surface area contributed by atoms with Crippen molar-refractivity contribution in [2.75, 3.05) is 26.9 Å². The van der Waals surface area contributed by atoms with E-state index in [-0.39, 0.29) is 23.9 Å². The van der Waals surface area contributed by atoms with Crippen LogP contribution in [0.5, 0.6) is 11.5 Å². The van der Waals surface area contributed by atoms with Gasteiger partial charge in [0.25, 0.3) is 11.8 Å². The highest BCUT2D eigenvalue weighted by Gasteiger charge is 2.15. The lowest BCUT2D eigenvalue weighted by Crippen LogP contribution is -2.49. The van der Waals surface area contributed by atoms with E-state index in [2.05, 4.69) is 32.1 Å². The van der Waals surface area contributed by atoms with Crippen LogP contribution in [0.2, 0.25) is 5.02 Å². The van der Waals surface area contributed by atoms with E-state index in [9.17, 15) is 9.59 Å². The fraction of sp³-hybridized carbons (Fsp3) is 0.211. The molecule has 2 aromatic rings. The highest BCUT2D eigenvalue weighted by atomic mass is 79.9. The van der Waals surface area contributed by atoms with E-state index in [1.165, 1.54) is 0 Å². The Labute approximate surface area is 192 Å². The zero-order valence-electron chi connectivity index (χ0n) is 15.9. The molecule has 0 unspecified atom stereocenters. The number of carbonyl (C=O) groups excluding carboxylic acids is 2. The van der Waals surface area contributed by atoms with Gasteiger partial charge in [0.05, 0.1) is 12.2 Å². The van der Waals surface area contributed by atoms with E-state index < -0.39 is 11.8 Å². The van der Waals surface area contributed by atoms with Gasteiger partial charge in [-0.2, -0.15) is 0 Å². The van der Waals surface area contributed by atoms with Crippen molar-refractivity contribution in [2.24, 2.45) is 0 Å². The molecule has 0 fully saturated rings. The minimum Gasteiger partial charge on any atom is -0.490 e. The maximum Gasteiger partial charge on any atom is 0.276 e. The third-order valence-corrected chi connectivity index (χ3v) is 4.41. The predicted octanol–water partition coefficient (Wildman–Crippen LogP) is 2.84. The first kappa shape index (κ1) is 23.9. The van der Waals surface area contributed by atoms with Crippen LogP contribution in [0.4, 0.5) is 0 Å². The molecule has 0 aliphatic heterocycles. The highest BCUT2D eigenvalue weighted by molar-refractivity contribution is 9.10. The molecule has 3 N–H and O–H groups in total. The molecule has 160 valence electrons. The fourth-order valence-electron chi connectivity index (χ4n) is 2.08. The number of benzene rings is 2. The molecule has 0 aliphatic carbocycles. The average Bonchev–Trinajstić information content (AvgIpc) is 2.73. The number of ether oxygens (including phenoxy) is 3. The van der Waals surface area contributed by atoms with Crippen LogP contribution in [0.1, 0.15) is 10.4 Å². The number of hydrogen-bond acceptors (Lipinski definition) is 6. The second kappa shape index (κ2) is 12.3. The van der Waals surface area contributed by atoms with Crippen molar-refractivity contribution >= 4 is 56.7 Å². The van der Waals surface area contributed by atoms with Crippen LogP contribution in [0.3, 0.4) is 0 Å². The van der Waals surface area contributed by atoms with Gasteiger partial charge in [-0.05, 0) is 54.7 Å². The van der Waals surface area contributed by atoms with Crippen molar-refractivity contribution in [2.45, 2.75) is 0 Å². The lowest BCUT2D eigenvalue weighted by atomic mass is 10.2. The summed E-state index contributed by atoms with van der Waals surface area (Å²) in [7, 11) is 1.55. The Hall–Kier alpha value is -2.40. The Morgan fingerprint density at radius 3 is 2.50 bits per heavy atom. The average molecular weight is 517 g/mol. The highest BCUT2D eigenvalue weighted by Crippen LogP contribution is 2.23. The SMILES string of the molecule is COCCOc1ccc(Br)cc1C(=O)NC(=S)NNC(=O)COc1ccc(Cl)cc1. The number of hydrazine groups is 1. The minimum absolute atomic E-state index is 0.0948. The van der Waals surface area contributed by atoms with Gasteiger partial charge < -0.3 is 14.2 Å². The first-order chi connectivity index (χ1) is 14.4. The zero-order valence-corrected chi connectivity index (χ0v) is 19.0. The molecule has 0 atom stereocenters. The van der Waals surface area contributed by atoms with Crippen molar-refractivity contribution in [3.63, 3.8) is 0 Å². The monoisotopic (exact) mass is 515 g/mol. The van der Waals surface area contributed by atoms with Gasteiger partial charge in [-0.25, -0.2) is 0 Å². The van der Waals surface area contributed by atoms with Gasteiger partial charge in [-0.3, -0.25) is 25.8 Å². The Morgan fingerprint density at radius 2 is 1.80 bits per heavy atom. The summed E-state index contributed by atoms with van der Waals surface area (Å²) in [5.74, 6) is -0.141. The number of rotatable bonds is 8. The molecule has 8 nitrogen and oxygen atoms in total. The molecule has 0 saturated heterocycles. The molecule has 0 spiro atoms. The Morgan fingerprint density at radius 1 is 1.07 bits per heavy atom. The van der Waals surface area contributed by atoms with Crippen LogP contribution in [0.25, 0.3) is 0 Å². The van der Waals surface area contributed by atoms with Crippen LogP contribution in [0.15, 0.2) is 46.9 Å². The second-order valence-electron chi connectivity index (χ2n) is 5.68. The number of nitrogens with one attached hydrogen (secondary N) is 3. The topological polar surface area (TPSA) is 97.9 Å². The Bertz CT molecular complexity index is 898. The largest absolute Gasteiger partial charge is 0.490 e. The fourth-order valence-corrected chi connectivity index (χ4v) is 2.72. The zero-order chi connectivity index (χ0) is 21.9. The van der Waals surface area contributed by atoms with Gasteiger partial charge in [0.1, 0.15) is 18.1 Å². The summed E-state index contributed by atoms with van der Waals surface area (Å²) in [6, 6.07) is 11.6. The number of hydrogen-bond donors (Lipinski definition) is 3. The summed E-state index contributed by atoms with van der Waals surface area (Å²) >= 11 is 14.1. The second-order valence-corrected chi connectivity index (χ2v) is 7.44. The number of methoxy groups -OCH3 is 1. The molecular weight excluding hydrogens is 498 g/mol. The summed E-state index contributed by atoms with van der Waals surface area (Å²) in [6.07, 6.45) is 0. The van der Waals surface area contributed by atoms with Crippen molar-refractivity contribution in [3.8, 4) is 11.5 Å². The Kier molecular flexibility index (Phi) is 9.81. The third-order valence-electron chi connectivity index (χ3n) is 3.46. The van der Waals surface area contributed by atoms with E-state index in [0.717, 1.165) is 0 Å². The van der Waals surface area contributed by atoms with Crippen LogP contribution < -0.4 is 25.6 Å². The third kappa shape index (κ3) is 8.15. The molecular formula is C19H19BrClN3O5S. The molecule has 30 heavy (non-hydrogen) atoms. The lowest BCUT2D eigenvalue weighted by Gasteiger charge is -2.14. The first-order valence-electron chi connectivity index (χ1n) is 8.59. The van der Waals surface area contributed by atoms with Gasteiger partial charge in [-0.15, -0.1) is 0 Å². The molecule has 11 heteroatoms. The molecule has 0 aliphatic rings. The smallest absolute Gasteiger partial charge is 0.276 e. The molecule has 2 aromatic carbocycles. The molecule has 0 heterocycles. The number of thiocarbonyl (C=S) groups is 1. The van der Waals surface area contributed by atoms with Crippen LogP contribution in [0, 0.1) is 0 Å². The quantitative estimate of drug-likeness (QED) is 0.282. The van der Waals surface area contributed by atoms with E-state index in [4.69, 9.17) is 38.0 Å². The summed E-state index contributed by atoms with van der Waals surface area (Å²) in [5, 5.41) is 2.94. The van der Waals surface area contributed by atoms with Gasteiger partial charge in [0.15, 0.2) is 11.7 Å². The van der Waals surface area contributed by atoms with Crippen molar-refractivity contribution in [3.05, 3.63) is 57.5 Å². The minimum atomic E-state index is -0.507. The van der Waals surface area contributed by atoms with E-state index in [1.807, 2.05) is 0 Å². The summed E-state index contributed by atoms with van der Waals surface area (Å²) in [5.41, 5.74) is 5.04. The van der Waals surface area contributed by atoms with Crippen LogP contribution in [-0.4, -0.2) is 43.9 Å². The van der Waals surface area contributed by atoms with Gasteiger partial charge in [0.2, 0.25) is 0 Å². The van der Waals surface area contributed by atoms with E-state index in [0.29, 0.717) is 27.6 Å². The molecule has 0 radical (unpaired) electrons. The molecule has 0 bridgehead atoms. The molecule has 2 rings (SSSR count). The van der Waals surface area contributed by atoms with Crippen molar-refractivity contribution < 1.29 is 23.8 Å². The van der Waals surface area contributed by atoms with Gasteiger partial charge >= 0.3 is 0 Å². The Balaban J connectivity index is 1.82. The summed E-state index contributed by atoms with van der Waals surface area (Å²) in [6.45, 7) is 0.403. The maximum absolute atomic E-state index is 12.5. The number of amides is 2. The predicted molar refractivity (Wildman–Crippen MR) is 120 cm³/mol. The maximum atomic E-state index is 12.5. The molecule has 0 saturated carbocycles. The van der Waals surface area contributed by atoms with Crippen LogP contribution >= 0.6 is 39.7 Å². The lowest BCUT2D eigenvalue weighted by molar-refractivity contribution is -0.123. The number of halogens is 2. The molecule has 0 aromatic heterocycles. The van der Waals surface area contributed by atoms with Gasteiger partial charge in [-0.1, -0.05) is 27.5 Å². The first-order valence-corrected chi connectivity index (χ1v) is 10.2. The van der Waals surface area contributed by atoms with Crippen molar-refractivity contribution in [1.29, 1.82) is 0 Å². The molecule has 2 amide bonds. The summed E-state index contributed by atoms with van der Waals surface area (Å²) < 4.78 is 16.5. The van der Waals surface area contributed by atoms with Gasteiger partial charge in [0, 0.05) is 16.6 Å². The standard InChI is InChI=1S/C19H19BrClN3O5S/c1-27-8-9-28-16-7-2-12(20)10-15(16)18(26)22-19(30)24-23-17(25)11-29-14-5-3-13(21)4-6-14/h2-7,10H,8-9,11H2,1H3,(H,23,25)(H2,22,24,26,30). The van der Waals surface area contributed by atoms with Crippen molar-refractivity contribution in [1.82, 2.24) is 16.2 Å². The normalized spacial score (nSPS) is 10.1. The summed E-state index contributed by atoms with van der Waals surface area (Å²) in [4.78, 5) is 24.4. The number of carbonyl (C=O) groups is 2. The van der Waals surface area contributed by atoms with E-state index >= 15 is 0 Å².